The molecule has 4 atom stereocenters. The molecule has 0 N–H and O–H groups in total. The van der Waals surface area contributed by atoms with Crippen molar-refractivity contribution >= 4 is 17.1 Å². The fourth-order valence-corrected chi connectivity index (χ4v) is 11.9. The van der Waals surface area contributed by atoms with Gasteiger partial charge >= 0.3 is 0 Å². The molecule has 4 fully saturated rings. The zero-order valence-electron chi connectivity index (χ0n) is 26.2. The van der Waals surface area contributed by atoms with Crippen LogP contribution >= 0.6 is 17.1 Å². The third kappa shape index (κ3) is 5.38. The van der Waals surface area contributed by atoms with Crippen molar-refractivity contribution in [3.8, 4) is 0 Å². The highest BCUT2D eigenvalue weighted by Crippen LogP contribution is 2.66. The van der Waals surface area contributed by atoms with Gasteiger partial charge in [-0.1, -0.05) is 121 Å². The molecule has 6 nitrogen and oxygen atoms in total. The summed E-state index contributed by atoms with van der Waals surface area (Å²) in [7, 11) is -2.32. The van der Waals surface area contributed by atoms with Gasteiger partial charge in [-0.15, -0.1) is 0 Å². The molecular formula is C38H42N2O4P2. The SMILES string of the molecule is c1ccc(C2(c3ccccc3)OP(OCCCCOP3OC(c4ccccc4)(c4ccccc4)[C@@H]4CCCN43)N3CCC[C@H]32)cc1. The maximum Gasteiger partial charge on any atom is 0.260 e. The first kappa shape index (κ1) is 30.8. The van der Waals surface area contributed by atoms with Crippen LogP contribution in [-0.4, -0.2) is 47.7 Å². The number of rotatable bonds is 11. The standard InChI is InChI=1S/C38H42N2O4P2/c1-5-17-31(18-6-1)37(32-19-7-2-8-20-32)35-25-15-27-39(35)45(43-37)41-29-13-14-30-42-46-40-28-16-26-36(40)38(44-46,33-21-9-3-10-22-33)34-23-11-4-12-24-34/h1-12,17-24,35-36H,13-16,25-30H2/t35-,36-,45?,46?/m0/s1. The van der Waals surface area contributed by atoms with Crippen molar-refractivity contribution in [3.05, 3.63) is 144 Å². The minimum absolute atomic E-state index is 0.275. The van der Waals surface area contributed by atoms with Crippen molar-refractivity contribution in [2.75, 3.05) is 26.3 Å². The molecule has 0 amide bonds. The summed E-state index contributed by atoms with van der Waals surface area (Å²) in [5.74, 6) is 0. The summed E-state index contributed by atoms with van der Waals surface area (Å²) >= 11 is 0. The quantitative estimate of drug-likeness (QED) is 0.119. The second-order valence-corrected chi connectivity index (χ2v) is 15.5. The number of nitrogens with zero attached hydrogens (tertiary/aromatic N) is 2. The van der Waals surface area contributed by atoms with E-state index in [1.807, 2.05) is 0 Å². The summed E-state index contributed by atoms with van der Waals surface area (Å²) in [5, 5.41) is 0. The van der Waals surface area contributed by atoms with Crippen LogP contribution < -0.4 is 0 Å². The van der Waals surface area contributed by atoms with Gasteiger partial charge in [0.15, 0.2) is 0 Å². The van der Waals surface area contributed by atoms with Gasteiger partial charge in [-0.05, 0) is 60.8 Å². The van der Waals surface area contributed by atoms with Gasteiger partial charge in [-0.3, -0.25) is 0 Å². The Kier molecular flexibility index (Phi) is 9.07. The molecule has 46 heavy (non-hydrogen) atoms. The lowest BCUT2D eigenvalue weighted by Gasteiger charge is -2.34. The molecule has 4 aliphatic rings. The molecule has 238 valence electrons. The van der Waals surface area contributed by atoms with E-state index in [9.17, 15) is 0 Å². The zero-order valence-corrected chi connectivity index (χ0v) is 28.0. The molecule has 4 heterocycles. The topological polar surface area (TPSA) is 43.4 Å². The number of hydrogen-bond donors (Lipinski definition) is 0. The molecule has 0 bridgehead atoms. The van der Waals surface area contributed by atoms with Crippen molar-refractivity contribution in [2.45, 2.75) is 61.8 Å². The van der Waals surface area contributed by atoms with E-state index in [-0.39, 0.29) is 12.1 Å². The monoisotopic (exact) mass is 652 g/mol. The highest BCUT2D eigenvalue weighted by atomic mass is 31.2. The van der Waals surface area contributed by atoms with Crippen molar-refractivity contribution in [1.29, 1.82) is 0 Å². The van der Waals surface area contributed by atoms with Crippen molar-refractivity contribution in [3.63, 3.8) is 0 Å². The summed E-state index contributed by atoms with van der Waals surface area (Å²) in [6.45, 7) is 3.34. The Morgan fingerprint density at radius 1 is 0.522 bits per heavy atom. The normalized spacial score (nSPS) is 26.7. The van der Waals surface area contributed by atoms with Crippen LogP contribution in [0.4, 0.5) is 0 Å². The summed E-state index contributed by atoms with van der Waals surface area (Å²) in [5.41, 5.74) is 3.82. The van der Waals surface area contributed by atoms with E-state index in [4.69, 9.17) is 18.1 Å². The van der Waals surface area contributed by atoms with Crippen LogP contribution in [0.15, 0.2) is 121 Å². The first-order chi connectivity index (χ1) is 22.8. The summed E-state index contributed by atoms with van der Waals surface area (Å²) in [4.78, 5) is 0. The Labute approximate surface area is 275 Å². The highest BCUT2D eigenvalue weighted by Gasteiger charge is 2.59. The Hall–Kier alpha value is -2.50. The van der Waals surface area contributed by atoms with Crippen LogP contribution in [0.25, 0.3) is 0 Å². The Bertz CT molecular complexity index is 1370. The lowest BCUT2D eigenvalue weighted by molar-refractivity contribution is 0.0992. The zero-order chi connectivity index (χ0) is 30.8. The van der Waals surface area contributed by atoms with Gasteiger partial charge < -0.3 is 18.1 Å². The minimum Gasteiger partial charge on any atom is -0.322 e. The van der Waals surface area contributed by atoms with E-state index in [2.05, 4.69) is 131 Å². The number of hydrogen-bond acceptors (Lipinski definition) is 6. The van der Waals surface area contributed by atoms with Crippen molar-refractivity contribution in [1.82, 2.24) is 9.34 Å². The smallest absolute Gasteiger partial charge is 0.260 e. The van der Waals surface area contributed by atoms with Crippen LogP contribution in [0.5, 0.6) is 0 Å². The highest BCUT2D eigenvalue weighted by molar-refractivity contribution is 7.45. The average Bonchev–Trinajstić information content (AvgIpc) is 3.92. The fourth-order valence-electron chi connectivity index (χ4n) is 7.94. The maximum absolute atomic E-state index is 7.04. The van der Waals surface area contributed by atoms with E-state index in [0.29, 0.717) is 13.2 Å². The van der Waals surface area contributed by atoms with E-state index >= 15 is 0 Å². The largest absolute Gasteiger partial charge is 0.322 e. The van der Waals surface area contributed by atoms with Crippen LogP contribution in [0.2, 0.25) is 0 Å². The molecule has 0 aromatic heterocycles. The molecule has 4 aliphatic heterocycles. The van der Waals surface area contributed by atoms with Gasteiger partial charge in [0.05, 0.1) is 25.3 Å². The van der Waals surface area contributed by atoms with Gasteiger partial charge in [-0.2, -0.15) is 0 Å². The summed E-state index contributed by atoms with van der Waals surface area (Å²) < 4.78 is 32.3. The Morgan fingerprint density at radius 2 is 0.848 bits per heavy atom. The molecule has 4 saturated heterocycles. The van der Waals surface area contributed by atoms with Crippen LogP contribution in [0.1, 0.15) is 60.8 Å². The molecular weight excluding hydrogens is 610 g/mol. The molecule has 4 aromatic rings. The summed E-state index contributed by atoms with van der Waals surface area (Å²) in [6, 6.07) is 43.5. The van der Waals surface area contributed by atoms with Crippen LogP contribution in [0, 0.1) is 0 Å². The molecule has 0 radical (unpaired) electrons. The number of fused-ring (bicyclic) bond motifs is 2. The first-order valence-electron chi connectivity index (χ1n) is 16.8. The van der Waals surface area contributed by atoms with Crippen LogP contribution in [0.3, 0.4) is 0 Å². The van der Waals surface area contributed by atoms with Gasteiger partial charge in [0, 0.05) is 13.1 Å². The van der Waals surface area contributed by atoms with Gasteiger partial charge in [0.1, 0.15) is 11.2 Å². The lowest BCUT2D eigenvalue weighted by Crippen LogP contribution is -2.40. The van der Waals surface area contributed by atoms with Crippen molar-refractivity contribution in [2.24, 2.45) is 0 Å². The molecule has 8 rings (SSSR count). The predicted molar refractivity (Wildman–Crippen MR) is 184 cm³/mol. The first-order valence-corrected chi connectivity index (χ1v) is 19.1. The summed E-state index contributed by atoms with van der Waals surface area (Å²) in [6.07, 6.45) is 6.38. The Balaban J connectivity index is 0.914. The van der Waals surface area contributed by atoms with E-state index in [1.165, 1.54) is 35.1 Å². The molecule has 2 unspecified atom stereocenters. The van der Waals surface area contributed by atoms with Gasteiger partial charge in [-0.25, -0.2) is 9.34 Å². The molecule has 0 aliphatic carbocycles. The number of benzene rings is 4. The third-order valence-electron chi connectivity index (χ3n) is 10.0. The van der Waals surface area contributed by atoms with Crippen LogP contribution in [-0.2, 0) is 29.3 Å². The maximum atomic E-state index is 7.04. The second-order valence-electron chi connectivity index (χ2n) is 12.6. The fraction of sp³-hybridized carbons (Fsp3) is 0.368. The van der Waals surface area contributed by atoms with Gasteiger partial charge in [0.25, 0.3) is 17.1 Å². The third-order valence-corrected chi connectivity index (χ3v) is 13.5. The second kappa shape index (κ2) is 13.5. The molecule has 0 saturated carbocycles. The van der Waals surface area contributed by atoms with E-state index in [0.717, 1.165) is 38.8 Å². The number of unbranched alkanes of at least 4 members (excludes halogenated alkanes) is 1. The van der Waals surface area contributed by atoms with Crippen molar-refractivity contribution < 1.29 is 18.1 Å². The molecule has 4 aromatic carbocycles. The van der Waals surface area contributed by atoms with E-state index in [1.54, 1.807) is 0 Å². The van der Waals surface area contributed by atoms with E-state index < -0.39 is 28.3 Å². The van der Waals surface area contributed by atoms with Gasteiger partial charge in [0.2, 0.25) is 0 Å². The average molecular weight is 653 g/mol. The molecule has 8 heteroatoms. The minimum atomic E-state index is -1.16. The Morgan fingerprint density at radius 3 is 1.17 bits per heavy atom. The molecule has 0 spiro atoms. The lowest BCUT2D eigenvalue weighted by atomic mass is 9.79. The predicted octanol–water partition coefficient (Wildman–Crippen LogP) is 9.13.